The third kappa shape index (κ3) is 10.9. The van der Waals surface area contributed by atoms with E-state index in [0.29, 0.717) is 0 Å². The molecule has 4 rings (SSSR count). The van der Waals surface area contributed by atoms with Crippen LogP contribution in [0.4, 0.5) is 0 Å². The molecule has 32 heavy (non-hydrogen) atoms. The van der Waals surface area contributed by atoms with Crippen molar-refractivity contribution in [3.63, 3.8) is 0 Å². The van der Waals surface area contributed by atoms with Crippen molar-refractivity contribution in [3.8, 4) is 16.9 Å². The third-order valence-corrected chi connectivity index (χ3v) is 4.49. The molecule has 0 saturated heterocycles. The van der Waals surface area contributed by atoms with Gasteiger partial charge in [-0.05, 0) is 43.0 Å². The average Bonchev–Trinajstić information content (AvgIpc) is 3.52. The highest BCUT2D eigenvalue weighted by Crippen LogP contribution is 2.27. The molecule has 0 radical (unpaired) electrons. The van der Waals surface area contributed by atoms with Crippen LogP contribution in [-0.4, -0.2) is 21.2 Å². The van der Waals surface area contributed by atoms with Crippen molar-refractivity contribution < 1.29 is 4.74 Å². The van der Waals surface area contributed by atoms with Crippen LogP contribution in [0.5, 0.6) is 5.75 Å². The summed E-state index contributed by atoms with van der Waals surface area (Å²) in [5.41, 5.74) is 3.96. The second kappa shape index (κ2) is 17.8. The van der Waals surface area contributed by atoms with Gasteiger partial charge in [-0.25, -0.2) is 9.50 Å². The minimum Gasteiger partial charge on any atom is -0.494 e. The number of aryl methyl sites for hydroxylation is 1. The van der Waals surface area contributed by atoms with E-state index < -0.39 is 0 Å². The summed E-state index contributed by atoms with van der Waals surface area (Å²) in [5.74, 6) is 1.97. The zero-order valence-corrected chi connectivity index (χ0v) is 20.9. The predicted molar refractivity (Wildman–Crippen MR) is 140 cm³/mol. The lowest BCUT2D eigenvalue weighted by molar-refractivity contribution is 0.317. The summed E-state index contributed by atoms with van der Waals surface area (Å²) in [5, 5.41) is 4.34. The molecule has 0 amide bonds. The molecule has 4 nitrogen and oxygen atoms in total. The van der Waals surface area contributed by atoms with E-state index in [-0.39, 0.29) is 0 Å². The molecule has 1 saturated carbocycles. The van der Waals surface area contributed by atoms with Crippen molar-refractivity contribution in [3.05, 3.63) is 74.7 Å². The van der Waals surface area contributed by atoms with E-state index in [1.54, 1.807) is 4.52 Å². The fourth-order valence-electron chi connectivity index (χ4n) is 2.30. The summed E-state index contributed by atoms with van der Waals surface area (Å²) in [4.78, 5) is 4.56. The standard InChI is InChI=1S/C16H17N3O.C4H8.C4H10.2C2H4/c1-3-9-20-14-6-4-5-13(10-14)15-11-17-19-8-7-12(2)18-16(15)19;1-4-2-3-4;1-3-4-2;2*1-2/h4-8,10-11H,3,9H2,1-2H3;4H,2-3H2,1H3;3-4H2,1-2H3;2*1-2H2. The Balaban J connectivity index is 0.000000666. The summed E-state index contributed by atoms with van der Waals surface area (Å²) >= 11 is 0. The molecular weight excluding hydrogens is 394 g/mol. The number of hydrogen-bond donors (Lipinski definition) is 0. The maximum Gasteiger partial charge on any atom is 0.163 e. The van der Waals surface area contributed by atoms with Crippen LogP contribution in [0.15, 0.2) is 69.0 Å². The molecule has 2 heterocycles. The van der Waals surface area contributed by atoms with Crippen molar-refractivity contribution in [1.82, 2.24) is 14.6 Å². The van der Waals surface area contributed by atoms with E-state index in [2.05, 4.69) is 70.2 Å². The van der Waals surface area contributed by atoms with Gasteiger partial charge in [0.1, 0.15) is 5.75 Å². The molecule has 0 aliphatic heterocycles. The van der Waals surface area contributed by atoms with E-state index in [1.165, 1.54) is 25.7 Å². The largest absolute Gasteiger partial charge is 0.494 e. The van der Waals surface area contributed by atoms with Crippen molar-refractivity contribution in [1.29, 1.82) is 0 Å². The van der Waals surface area contributed by atoms with Gasteiger partial charge in [0.25, 0.3) is 0 Å². The highest BCUT2D eigenvalue weighted by molar-refractivity contribution is 5.77. The van der Waals surface area contributed by atoms with Crippen LogP contribution in [-0.2, 0) is 0 Å². The van der Waals surface area contributed by atoms with Crippen LogP contribution >= 0.6 is 0 Å². The Hall–Kier alpha value is -2.88. The maximum absolute atomic E-state index is 5.68. The second-order valence-electron chi connectivity index (χ2n) is 7.45. The Bertz CT molecular complexity index is 864. The molecule has 1 aliphatic carbocycles. The maximum atomic E-state index is 5.68. The molecule has 3 aromatic rings. The Morgan fingerprint density at radius 2 is 1.62 bits per heavy atom. The van der Waals surface area contributed by atoms with Crippen LogP contribution in [0, 0.1) is 12.8 Å². The first-order valence-electron chi connectivity index (χ1n) is 11.6. The molecule has 176 valence electrons. The van der Waals surface area contributed by atoms with Gasteiger partial charge in [-0.3, -0.25) is 0 Å². The van der Waals surface area contributed by atoms with Crippen LogP contribution in [0.3, 0.4) is 0 Å². The van der Waals surface area contributed by atoms with Gasteiger partial charge in [0, 0.05) is 17.5 Å². The Kier molecular flexibility index (Phi) is 16.2. The van der Waals surface area contributed by atoms with Crippen molar-refractivity contribution in [2.45, 2.75) is 66.7 Å². The van der Waals surface area contributed by atoms with Crippen LogP contribution in [0.1, 0.15) is 65.5 Å². The summed E-state index contributed by atoms with van der Waals surface area (Å²) in [6, 6.07) is 10.0. The van der Waals surface area contributed by atoms with E-state index >= 15 is 0 Å². The summed E-state index contributed by atoms with van der Waals surface area (Å²) in [7, 11) is 0. The minimum atomic E-state index is 0.732. The zero-order valence-electron chi connectivity index (χ0n) is 20.9. The first-order chi connectivity index (χ1) is 15.6. The third-order valence-electron chi connectivity index (χ3n) is 4.49. The Morgan fingerprint density at radius 1 is 1.00 bits per heavy atom. The van der Waals surface area contributed by atoms with Crippen LogP contribution in [0.2, 0.25) is 0 Å². The van der Waals surface area contributed by atoms with Gasteiger partial charge in [0.05, 0.1) is 12.8 Å². The first-order valence-corrected chi connectivity index (χ1v) is 11.6. The highest BCUT2D eigenvalue weighted by atomic mass is 16.5. The lowest BCUT2D eigenvalue weighted by atomic mass is 10.1. The number of fused-ring (bicyclic) bond motifs is 1. The SMILES string of the molecule is C=C.C=C.CC1CC1.CCCC.CCCOc1cccc(-c2cnn3ccc(C)nc23)c1. The minimum absolute atomic E-state index is 0.732. The molecule has 4 heteroatoms. The molecule has 0 spiro atoms. The lowest BCUT2D eigenvalue weighted by Crippen LogP contribution is -1.95. The van der Waals surface area contributed by atoms with Crippen LogP contribution in [0.25, 0.3) is 16.8 Å². The van der Waals surface area contributed by atoms with Crippen molar-refractivity contribution in [2.75, 3.05) is 6.61 Å². The number of unbranched alkanes of at least 4 members (excludes halogenated alkanes) is 1. The van der Waals surface area contributed by atoms with Crippen molar-refractivity contribution in [2.24, 2.45) is 5.92 Å². The molecule has 0 N–H and O–H groups in total. The number of rotatable bonds is 5. The van der Waals surface area contributed by atoms with E-state index in [4.69, 9.17) is 4.74 Å². The normalized spacial score (nSPS) is 11.3. The van der Waals surface area contributed by atoms with Gasteiger partial charge in [0.15, 0.2) is 5.65 Å². The lowest BCUT2D eigenvalue weighted by Gasteiger charge is -2.06. The molecule has 2 aromatic heterocycles. The van der Waals surface area contributed by atoms with Crippen LogP contribution < -0.4 is 4.74 Å². The van der Waals surface area contributed by atoms with Gasteiger partial charge in [-0.2, -0.15) is 5.10 Å². The summed E-state index contributed by atoms with van der Waals surface area (Å²) in [6.45, 7) is 23.5. The molecule has 0 unspecified atom stereocenters. The van der Waals surface area contributed by atoms with E-state index in [0.717, 1.165) is 47.2 Å². The topological polar surface area (TPSA) is 39.4 Å². The number of benzene rings is 1. The molecule has 1 aromatic carbocycles. The Labute approximate surface area is 196 Å². The smallest absolute Gasteiger partial charge is 0.163 e. The fourth-order valence-corrected chi connectivity index (χ4v) is 2.30. The van der Waals surface area contributed by atoms with E-state index in [1.807, 2.05) is 43.6 Å². The fraction of sp³-hybridized carbons (Fsp3) is 0.429. The number of aromatic nitrogens is 3. The van der Waals surface area contributed by atoms with Gasteiger partial charge < -0.3 is 4.74 Å². The summed E-state index contributed by atoms with van der Waals surface area (Å²) < 4.78 is 7.48. The summed E-state index contributed by atoms with van der Waals surface area (Å²) in [6.07, 6.45) is 10.4. The number of nitrogens with zero attached hydrogens (tertiary/aromatic N) is 3. The molecule has 1 fully saturated rings. The first kappa shape index (κ1) is 29.1. The number of ether oxygens (including phenoxy) is 1. The average molecular weight is 438 g/mol. The Morgan fingerprint density at radius 3 is 2.16 bits per heavy atom. The van der Waals surface area contributed by atoms with Gasteiger partial charge in [0.2, 0.25) is 0 Å². The van der Waals surface area contributed by atoms with Gasteiger partial charge >= 0.3 is 0 Å². The van der Waals surface area contributed by atoms with Gasteiger partial charge in [-0.15, -0.1) is 26.3 Å². The zero-order chi connectivity index (χ0) is 24.4. The monoisotopic (exact) mass is 437 g/mol. The second-order valence-corrected chi connectivity index (χ2v) is 7.45. The molecule has 1 aliphatic rings. The highest BCUT2D eigenvalue weighted by Gasteiger charge is 2.12. The van der Waals surface area contributed by atoms with Gasteiger partial charge in [-0.1, -0.05) is 65.5 Å². The molecule has 0 bridgehead atoms. The molecule has 0 atom stereocenters. The van der Waals surface area contributed by atoms with E-state index in [9.17, 15) is 0 Å². The number of hydrogen-bond acceptors (Lipinski definition) is 3. The van der Waals surface area contributed by atoms with Crippen molar-refractivity contribution >= 4 is 5.65 Å². The molecular formula is C28H43N3O. The quantitative estimate of drug-likeness (QED) is 0.377. The predicted octanol–water partition coefficient (Wildman–Crippen LogP) is 8.32.